The predicted octanol–water partition coefficient (Wildman–Crippen LogP) is 2.97. The molecular formula is C18H27F2N3O. The van der Waals surface area contributed by atoms with Gasteiger partial charge in [0.2, 0.25) is 0 Å². The van der Waals surface area contributed by atoms with Gasteiger partial charge in [-0.15, -0.1) is 0 Å². The number of aliphatic imine (C=N–C) groups is 1. The fourth-order valence-corrected chi connectivity index (χ4v) is 2.90. The molecule has 1 N–H and O–H groups in total. The maximum Gasteiger partial charge on any atom is 0.193 e. The highest BCUT2D eigenvalue weighted by Crippen LogP contribution is 2.14. The number of rotatable bonds is 6. The molecule has 6 heteroatoms. The van der Waals surface area contributed by atoms with Crippen LogP contribution < -0.4 is 5.32 Å². The quantitative estimate of drug-likeness (QED) is 0.639. The van der Waals surface area contributed by atoms with E-state index in [1.807, 2.05) is 13.8 Å². The summed E-state index contributed by atoms with van der Waals surface area (Å²) in [6, 6.07) is 3.69. The predicted molar refractivity (Wildman–Crippen MR) is 92.3 cm³/mol. The molecular weight excluding hydrogens is 312 g/mol. The van der Waals surface area contributed by atoms with Gasteiger partial charge in [-0.1, -0.05) is 6.07 Å². The van der Waals surface area contributed by atoms with Crippen LogP contribution >= 0.6 is 0 Å². The zero-order chi connectivity index (χ0) is 17.4. The molecule has 134 valence electrons. The number of nitrogens with zero attached hydrogens (tertiary/aromatic N) is 2. The first-order valence-corrected chi connectivity index (χ1v) is 8.72. The Labute approximate surface area is 142 Å². The first-order valence-electron chi connectivity index (χ1n) is 8.72. The number of hydrogen-bond donors (Lipinski definition) is 1. The molecule has 1 fully saturated rings. The SMILES string of the molecule is CCNC(=NCCc1ccc(F)cc1F)N1CCC(OCC)CC1. The Kier molecular flexibility index (Phi) is 7.43. The van der Waals surface area contributed by atoms with Gasteiger partial charge in [-0.05, 0) is 44.7 Å². The molecule has 0 bridgehead atoms. The van der Waals surface area contributed by atoms with E-state index in [1.165, 1.54) is 12.1 Å². The number of hydrogen-bond acceptors (Lipinski definition) is 2. The number of guanidine groups is 1. The van der Waals surface area contributed by atoms with E-state index >= 15 is 0 Å². The summed E-state index contributed by atoms with van der Waals surface area (Å²) in [5, 5.41) is 3.29. The maximum atomic E-state index is 13.7. The normalized spacial score (nSPS) is 16.5. The summed E-state index contributed by atoms with van der Waals surface area (Å²) in [6.07, 6.45) is 2.77. The van der Waals surface area contributed by atoms with Crippen LogP contribution in [0.15, 0.2) is 23.2 Å². The molecule has 0 amide bonds. The smallest absolute Gasteiger partial charge is 0.193 e. The number of piperidine rings is 1. The van der Waals surface area contributed by atoms with Crippen molar-refractivity contribution in [3.8, 4) is 0 Å². The Hall–Kier alpha value is -1.69. The summed E-state index contributed by atoms with van der Waals surface area (Å²) >= 11 is 0. The lowest BCUT2D eigenvalue weighted by molar-refractivity contribution is 0.0264. The zero-order valence-corrected chi connectivity index (χ0v) is 14.5. The van der Waals surface area contributed by atoms with Gasteiger partial charge in [-0.2, -0.15) is 0 Å². The Balaban J connectivity index is 1.91. The first kappa shape index (κ1) is 18.6. The summed E-state index contributed by atoms with van der Waals surface area (Å²) in [4.78, 5) is 6.82. The Morgan fingerprint density at radius 3 is 2.67 bits per heavy atom. The van der Waals surface area contributed by atoms with Gasteiger partial charge in [0.1, 0.15) is 11.6 Å². The zero-order valence-electron chi connectivity index (χ0n) is 14.5. The van der Waals surface area contributed by atoms with Crippen molar-refractivity contribution in [2.45, 2.75) is 39.2 Å². The number of halogens is 2. The van der Waals surface area contributed by atoms with Crippen molar-refractivity contribution >= 4 is 5.96 Å². The van der Waals surface area contributed by atoms with Crippen LogP contribution in [0.2, 0.25) is 0 Å². The lowest BCUT2D eigenvalue weighted by atomic mass is 10.1. The molecule has 0 spiro atoms. The lowest BCUT2D eigenvalue weighted by Gasteiger charge is -2.34. The highest BCUT2D eigenvalue weighted by atomic mass is 19.1. The molecule has 1 saturated heterocycles. The molecule has 24 heavy (non-hydrogen) atoms. The molecule has 0 aliphatic carbocycles. The van der Waals surface area contributed by atoms with E-state index in [0.29, 0.717) is 24.6 Å². The van der Waals surface area contributed by atoms with Crippen LogP contribution in [0.1, 0.15) is 32.3 Å². The second-order valence-electron chi connectivity index (χ2n) is 5.86. The van der Waals surface area contributed by atoms with Crippen molar-refractivity contribution < 1.29 is 13.5 Å². The topological polar surface area (TPSA) is 36.9 Å². The van der Waals surface area contributed by atoms with Crippen molar-refractivity contribution in [2.75, 3.05) is 32.8 Å². The molecule has 0 saturated carbocycles. The molecule has 0 radical (unpaired) electrons. The molecule has 1 aliphatic heterocycles. The minimum atomic E-state index is -0.551. The van der Waals surface area contributed by atoms with Gasteiger partial charge in [0.25, 0.3) is 0 Å². The minimum Gasteiger partial charge on any atom is -0.378 e. The van der Waals surface area contributed by atoms with Gasteiger partial charge in [0.15, 0.2) is 5.96 Å². The van der Waals surface area contributed by atoms with Crippen LogP contribution in [-0.4, -0.2) is 49.7 Å². The Morgan fingerprint density at radius 2 is 2.04 bits per heavy atom. The number of nitrogens with one attached hydrogen (secondary N) is 1. The van der Waals surface area contributed by atoms with E-state index in [-0.39, 0.29) is 0 Å². The van der Waals surface area contributed by atoms with Gasteiger partial charge in [-0.3, -0.25) is 4.99 Å². The summed E-state index contributed by atoms with van der Waals surface area (Å²) in [5.41, 5.74) is 0.492. The molecule has 1 heterocycles. The third kappa shape index (κ3) is 5.44. The van der Waals surface area contributed by atoms with E-state index < -0.39 is 11.6 Å². The molecule has 1 aromatic rings. The van der Waals surface area contributed by atoms with E-state index in [1.54, 1.807) is 0 Å². The molecule has 1 aromatic carbocycles. The van der Waals surface area contributed by atoms with Crippen LogP contribution in [0.3, 0.4) is 0 Å². The van der Waals surface area contributed by atoms with Crippen molar-refractivity contribution in [1.82, 2.24) is 10.2 Å². The number of ether oxygens (including phenoxy) is 1. The number of benzene rings is 1. The van der Waals surface area contributed by atoms with E-state index in [2.05, 4.69) is 15.2 Å². The highest BCUT2D eigenvalue weighted by molar-refractivity contribution is 5.80. The highest BCUT2D eigenvalue weighted by Gasteiger charge is 2.21. The van der Waals surface area contributed by atoms with Crippen molar-refractivity contribution in [1.29, 1.82) is 0 Å². The fraction of sp³-hybridized carbons (Fsp3) is 0.611. The Bertz CT molecular complexity index is 543. The molecule has 0 aromatic heterocycles. The van der Waals surface area contributed by atoms with Crippen LogP contribution in [0.5, 0.6) is 0 Å². The molecule has 0 unspecified atom stereocenters. The average Bonchev–Trinajstić information content (AvgIpc) is 2.57. The largest absolute Gasteiger partial charge is 0.378 e. The second-order valence-corrected chi connectivity index (χ2v) is 5.86. The van der Waals surface area contributed by atoms with Crippen LogP contribution in [0.25, 0.3) is 0 Å². The van der Waals surface area contributed by atoms with E-state index in [9.17, 15) is 8.78 Å². The van der Waals surface area contributed by atoms with Gasteiger partial charge in [0, 0.05) is 38.9 Å². The average molecular weight is 339 g/mol. The standard InChI is InChI=1S/C18H27F2N3O/c1-3-21-18(23-11-8-16(9-12-23)24-4-2)22-10-7-14-5-6-15(19)13-17(14)20/h5-6,13,16H,3-4,7-12H2,1-2H3,(H,21,22). The third-order valence-electron chi connectivity index (χ3n) is 4.14. The summed E-state index contributed by atoms with van der Waals surface area (Å²) < 4.78 is 32.3. The van der Waals surface area contributed by atoms with E-state index in [0.717, 1.165) is 51.1 Å². The molecule has 0 atom stereocenters. The van der Waals surface area contributed by atoms with Crippen molar-refractivity contribution in [2.24, 2.45) is 4.99 Å². The van der Waals surface area contributed by atoms with Crippen molar-refractivity contribution in [3.05, 3.63) is 35.4 Å². The second kappa shape index (κ2) is 9.57. The first-order chi connectivity index (χ1) is 11.6. The van der Waals surface area contributed by atoms with Crippen molar-refractivity contribution in [3.63, 3.8) is 0 Å². The summed E-state index contributed by atoms with van der Waals surface area (Å²) in [7, 11) is 0. The summed E-state index contributed by atoms with van der Waals surface area (Å²) in [5.74, 6) is -0.201. The molecule has 1 aliphatic rings. The number of likely N-dealkylation sites (tertiary alicyclic amines) is 1. The minimum absolute atomic E-state index is 0.336. The summed E-state index contributed by atoms with van der Waals surface area (Å²) in [6.45, 7) is 7.87. The maximum absolute atomic E-state index is 13.7. The van der Waals surface area contributed by atoms with Gasteiger partial charge in [-0.25, -0.2) is 8.78 Å². The Morgan fingerprint density at radius 1 is 1.29 bits per heavy atom. The lowest BCUT2D eigenvalue weighted by Crippen LogP contribution is -2.47. The van der Waals surface area contributed by atoms with Gasteiger partial charge < -0.3 is 15.0 Å². The van der Waals surface area contributed by atoms with Crippen LogP contribution in [0.4, 0.5) is 8.78 Å². The molecule has 2 rings (SSSR count). The molecule has 4 nitrogen and oxygen atoms in total. The van der Waals surface area contributed by atoms with E-state index in [4.69, 9.17) is 4.74 Å². The van der Waals surface area contributed by atoms with Crippen LogP contribution in [-0.2, 0) is 11.2 Å². The van der Waals surface area contributed by atoms with Gasteiger partial charge >= 0.3 is 0 Å². The monoisotopic (exact) mass is 339 g/mol. The third-order valence-corrected chi connectivity index (χ3v) is 4.14. The fourth-order valence-electron chi connectivity index (χ4n) is 2.90. The van der Waals surface area contributed by atoms with Crippen LogP contribution in [0, 0.1) is 11.6 Å². The van der Waals surface area contributed by atoms with Gasteiger partial charge in [0.05, 0.1) is 6.10 Å².